The smallest absolute Gasteiger partial charge is 0.145 e. The van der Waals surface area contributed by atoms with Crippen LogP contribution >= 0.6 is 22.2 Å². The SMILES string of the molecule is C[C@H](c1ccccc1)[Si](C)(Cl)Cl. The third-order valence-electron chi connectivity index (χ3n) is 2.06. The zero-order valence-corrected chi connectivity index (χ0v) is 9.73. The summed E-state index contributed by atoms with van der Waals surface area (Å²) >= 11 is 12.2. The Balaban J connectivity index is 2.86. The minimum Gasteiger partial charge on any atom is -0.145 e. The maximum absolute atomic E-state index is 6.12. The van der Waals surface area contributed by atoms with Crippen molar-refractivity contribution in [2.45, 2.75) is 19.0 Å². The van der Waals surface area contributed by atoms with Gasteiger partial charge in [-0.1, -0.05) is 37.3 Å². The monoisotopic (exact) mass is 218 g/mol. The van der Waals surface area contributed by atoms with Gasteiger partial charge in [0.05, 0.1) is 0 Å². The fraction of sp³-hybridized carbons (Fsp3) is 0.333. The van der Waals surface area contributed by atoms with Crippen molar-refractivity contribution in [3.8, 4) is 0 Å². The molecule has 0 aliphatic heterocycles. The van der Waals surface area contributed by atoms with E-state index in [0.29, 0.717) is 5.54 Å². The van der Waals surface area contributed by atoms with Crippen LogP contribution in [0.15, 0.2) is 30.3 Å². The van der Waals surface area contributed by atoms with Crippen LogP contribution in [0.5, 0.6) is 0 Å². The van der Waals surface area contributed by atoms with E-state index < -0.39 is 6.69 Å². The van der Waals surface area contributed by atoms with Crippen molar-refractivity contribution in [3.63, 3.8) is 0 Å². The molecule has 0 nitrogen and oxygen atoms in total. The van der Waals surface area contributed by atoms with Crippen molar-refractivity contribution in [3.05, 3.63) is 35.9 Å². The fourth-order valence-corrected chi connectivity index (χ4v) is 2.57. The van der Waals surface area contributed by atoms with Crippen LogP contribution in [0.4, 0.5) is 0 Å². The molecule has 0 heterocycles. The molecule has 0 fully saturated rings. The minimum atomic E-state index is -2.06. The number of benzene rings is 1. The van der Waals surface area contributed by atoms with Gasteiger partial charge in [-0.15, -0.1) is 22.2 Å². The maximum atomic E-state index is 6.12. The summed E-state index contributed by atoms with van der Waals surface area (Å²) in [6.45, 7) is 1.98. The molecule has 1 atom stereocenters. The molecule has 0 saturated heterocycles. The van der Waals surface area contributed by atoms with Crippen LogP contribution in [0, 0.1) is 0 Å². The predicted octanol–water partition coefficient (Wildman–Crippen LogP) is 3.88. The van der Waals surface area contributed by atoms with Crippen LogP contribution < -0.4 is 0 Å². The molecule has 1 rings (SSSR count). The van der Waals surface area contributed by atoms with Crippen molar-refractivity contribution < 1.29 is 0 Å². The second-order valence-corrected chi connectivity index (χ2v) is 11.2. The van der Waals surface area contributed by atoms with Gasteiger partial charge in [0, 0.05) is 5.54 Å². The molecule has 12 heavy (non-hydrogen) atoms. The van der Waals surface area contributed by atoms with E-state index in [-0.39, 0.29) is 0 Å². The van der Waals surface area contributed by atoms with E-state index in [4.69, 9.17) is 22.2 Å². The first-order chi connectivity index (χ1) is 5.52. The molecule has 0 N–H and O–H groups in total. The topological polar surface area (TPSA) is 0 Å². The Labute approximate surface area is 83.9 Å². The summed E-state index contributed by atoms with van der Waals surface area (Å²) < 4.78 is 0. The highest BCUT2D eigenvalue weighted by Gasteiger charge is 2.30. The van der Waals surface area contributed by atoms with Crippen molar-refractivity contribution in [1.82, 2.24) is 0 Å². The van der Waals surface area contributed by atoms with Crippen molar-refractivity contribution >= 4 is 28.9 Å². The summed E-state index contributed by atoms with van der Waals surface area (Å²) in [5, 5.41) is 0. The Kier molecular flexibility index (Phi) is 3.21. The van der Waals surface area contributed by atoms with Gasteiger partial charge in [-0.2, -0.15) is 0 Å². The first kappa shape index (κ1) is 10.1. The lowest BCUT2D eigenvalue weighted by molar-refractivity contribution is 1.05. The summed E-state index contributed by atoms with van der Waals surface area (Å²) in [5.41, 5.74) is 1.53. The average Bonchev–Trinajstić information content (AvgIpc) is 2.03. The van der Waals surface area contributed by atoms with Crippen LogP contribution in [-0.4, -0.2) is 6.69 Å². The van der Waals surface area contributed by atoms with Gasteiger partial charge in [0.15, 0.2) is 0 Å². The lowest BCUT2D eigenvalue weighted by atomic mass is 10.2. The number of halogens is 2. The van der Waals surface area contributed by atoms with Gasteiger partial charge in [0.1, 0.15) is 0 Å². The Hall–Kier alpha value is 0.0169. The molecular formula is C9H12Cl2Si. The Bertz CT molecular complexity index is 240. The molecule has 0 unspecified atom stereocenters. The zero-order chi connectivity index (χ0) is 9.19. The van der Waals surface area contributed by atoms with Crippen LogP contribution in [0.1, 0.15) is 18.0 Å². The van der Waals surface area contributed by atoms with Gasteiger partial charge in [-0.05, 0) is 12.1 Å². The Morgan fingerprint density at radius 3 is 2.08 bits per heavy atom. The molecule has 0 radical (unpaired) electrons. The molecule has 0 amide bonds. The van der Waals surface area contributed by atoms with E-state index in [1.165, 1.54) is 5.56 Å². The highest BCUT2D eigenvalue weighted by molar-refractivity contribution is 7.45. The minimum absolute atomic E-state index is 0.294. The summed E-state index contributed by atoms with van der Waals surface area (Å²) in [6, 6.07) is 10.2. The molecule has 0 saturated carbocycles. The summed E-state index contributed by atoms with van der Waals surface area (Å²) in [7, 11) is 0. The molecule has 0 bridgehead atoms. The second-order valence-electron chi connectivity index (χ2n) is 3.09. The molecule has 0 aromatic heterocycles. The lowest BCUT2D eigenvalue weighted by Gasteiger charge is -2.19. The van der Waals surface area contributed by atoms with Gasteiger partial charge < -0.3 is 0 Å². The quantitative estimate of drug-likeness (QED) is 0.523. The number of rotatable bonds is 2. The molecule has 3 heteroatoms. The van der Waals surface area contributed by atoms with Gasteiger partial charge >= 0.3 is 0 Å². The van der Waals surface area contributed by atoms with Crippen LogP contribution in [-0.2, 0) is 0 Å². The maximum Gasteiger partial charge on any atom is 0.255 e. The standard InChI is InChI=1S/C9H12Cl2Si/c1-8(12(2,10)11)9-6-4-3-5-7-9/h3-8H,1-2H3/t8-/m1/s1. The average molecular weight is 219 g/mol. The highest BCUT2D eigenvalue weighted by atomic mass is 35.7. The number of hydrogen-bond acceptors (Lipinski definition) is 0. The first-order valence-electron chi connectivity index (χ1n) is 3.94. The van der Waals surface area contributed by atoms with E-state index in [1.54, 1.807) is 0 Å². The predicted molar refractivity (Wildman–Crippen MR) is 58.2 cm³/mol. The van der Waals surface area contributed by atoms with Crippen molar-refractivity contribution in [2.24, 2.45) is 0 Å². The van der Waals surface area contributed by atoms with Gasteiger partial charge in [0.2, 0.25) is 0 Å². The fourth-order valence-electron chi connectivity index (χ4n) is 1.03. The molecule has 66 valence electrons. The van der Waals surface area contributed by atoms with E-state index in [9.17, 15) is 0 Å². The van der Waals surface area contributed by atoms with Crippen LogP contribution in [0.3, 0.4) is 0 Å². The molecule has 0 aliphatic rings. The Morgan fingerprint density at radius 1 is 1.17 bits per heavy atom. The summed E-state index contributed by atoms with van der Waals surface area (Å²) in [4.78, 5) is 0. The van der Waals surface area contributed by atoms with Gasteiger partial charge in [0.25, 0.3) is 6.69 Å². The largest absolute Gasteiger partial charge is 0.255 e. The lowest BCUT2D eigenvalue weighted by Crippen LogP contribution is -2.22. The molecule has 0 spiro atoms. The third-order valence-corrected chi connectivity index (χ3v) is 5.88. The zero-order valence-electron chi connectivity index (χ0n) is 7.22. The Morgan fingerprint density at radius 2 is 1.67 bits per heavy atom. The third kappa shape index (κ3) is 2.51. The molecule has 1 aromatic rings. The highest BCUT2D eigenvalue weighted by Crippen LogP contribution is 2.32. The molecular weight excluding hydrogens is 207 g/mol. The van der Waals surface area contributed by atoms with Gasteiger partial charge in [-0.3, -0.25) is 0 Å². The van der Waals surface area contributed by atoms with E-state index >= 15 is 0 Å². The van der Waals surface area contributed by atoms with Crippen LogP contribution in [0.25, 0.3) is 0 Å². The van der Waals surface area contributed by atoms with E-state index in [2.05, 4.69) is 19.1 Å². The molecule has 1 aromatic carbocycles. The number of hydrogen-bond donors (Lipinski definition) is 0. The van der Waals surface area contributed by atoms with Crippen LogP contribution in [0.2, 0.25) is 6.55 Å². The molecule has 0 aliphatic carbocycles. The summed E-state index contributed by atoms with van der Waals surface area (Å²) in [6.07, 6.45) is 0. The van der Waals surface area contributed by atoms with E-state index in [0.717, 1.165) is 0 Å². The van der Waals surface area contributed by atoms with Crippen molar-refractivity contribution in [1.29, 1.82) is 0 Å². The van der Waals surface area contributed by atoms with E-state index in [1.807, 2.05) is 24.7 Å². The first-order valence-corrected chi connectivity index (χ1v) is 8.54. The normalized spacial score (nSPS) is 14.3. The van der Waals surface area contributed by atoms with Crippen molar-refractivity contribution in [2.75, 3.05) is 0 Å². The second kappa shape index (κ2) is 3.82. The van der Waals surface area contributed by atoms with Gasteiger partial charge in [-0.25, -0.2) is 0 Å². The summed E-state index contributed by atoms with van der Waals surface area (Å²) in [5.74, 6) is 0.